The molecule has 1 aromatic rings. The third-order valence-corrected chi connectivity index (χ3v) is 4.90. The largest absolute Gasteiger partial charge is 0.481 e. The normalized spacial score (nSPS) is 25.2. The predicted octanol–water partition coefficient (Wildman–Crippen LogP) is 0.461. The van der Waals surface area contributed by atoms with Gasteiger partial charge in [-0.25, -0.2) is 13.4 Å². The van der Waals surface area contributed by atoms with Crippen LogP contribution in [0.2, 0.25) is 0 Å². The molecule has 1 aromatic heterocycles. The van der Waals surface area contributed by atoms with Crippen molar-refractivity contribution in [2.75, 3.05) is 20.2 Å². The highest BCUT2D eigenvalue weighted by Crippen LogP contribution is 2.19. The molecule has 0 aliphatic carbocycles. The summed E-state index contributed by atoms with van der Waals surface area (Å²) in [7, 11) is -1.98. The molecule has 1 aliphatic rings. The van der Waals surface area contributed by atoms with Gasteiger partial charge in [0.1, 0.15) is 4.90 Å². The summed E-state index contributed by atoms with van der Waals surface area (Å²) in [5, 5.41) is 3.31. The maximum Gasteiger partial charge on any atom is 0.244 e. The number of ether oxygens (including phenoxy) is 1. The topological polar surface area (TPSA) is 71.5 Å². The van der Waals surface area contributed by atoms with Gasteiger partial charge in [-0.2, -0.15) is 4.31 Å². The highest BCUT2D eigenvalue weighted by Gasteiger charge is 2.31. The zero-order chi connectivity index (χ0) is 14.0. The standard InChI is InChI=1S/C12H19N3O3S/c1-9-7-15(8-10(2)14-9)19(16,17)11-4-5-12(18-3)13-6-11/h4-6,9-10,14H,7-8H2,1-3H3. The van der Waals surface area contributed by atoms with E-state index >= 15 is 0 Å². The van der Waals surface area contributed by atoms with Crippen LogP contribution in [0.15, 0.2) is 23.2 Å². The average molecular weight is 285 g/mol. The van der Waals surface area contributed by atoms with Crippen molar-refractivity contribution >= 4 is 10.0 Å². The molecule has 0 aromatic carbocycles. The zero-order valence-electron chi connectivity index (χ0n) is 11.3. The first kappa shape index (κ1) is 14.2. The molecule has 106 valence electrons. The fraction of sp³-hybridized carbons (Fsp3) is 0.583. The maximum atomic E-state index is 12.5. The van der Waals surface area contributed by atoms with Crippen LogP contribution in [0.5, 0.6) is 5.88 Å². The van der Waals surface area contributed by atoms with E-state index < -0.39 is 10.0 Å². The second kappa shape index (κ2) is 5.44. The Bertz CT molecular complexity index is 520. The van der Waals surface area contributed by atoms with E-state index in [-0.39, 0.29) is 17.0 Å². The van der Waals surface area contributed by atoms with Crippen LogP contribution in [-0.2, 0) is 10.0 Å². The third-order valence-electron chi connectivity index (χ3n) is 3.08. The van der Waals surface area contributed by atoms with Gasteiger partial charge in [0, 0.05) is 31.2 Å². The van der Waals surface area contributed by atoms with Crippen LogP contribution >= 0.6 is 0 Å². The van der Waals surface area contributed by atoms with Crippen LogP contribution in [0.1, 0.15) is 13.8 Å². The Morgan fingerprint density at radius 3 is 2.42 bits per heavy atom. The molecule has 0 amide bonds. The first-order chi connectivity index (χ1) is 8.93. The molecule has 7 heteroatoms. The second-order valence-corrected chi connectivity index (χ2v) is 6.76. The lowest BCUT2D eigenvalue weighted by atomic mass is 10.2. The van der Waals surface area contributed by atoms with Gasteiger partial charge < -0.3 is 10.1 Å². The van der Waals surface area contributed by atoms with Crippen LogP contribution in [-0.4, -0.2) is 50.0 Å². The van der Waals surface area contributed by atoms with Crippen molar-refractivity contribution in [2.24, 2.45) is 0 Å². The zero-order valence-corrected chi connectivity index (χ0v) is 12.1. The Hall–Kier alpha value is -1.18. The van der Waals surface area contributed by atoms with Crippen molar-refractivity contribution < 1.29 is 13.2 Å². The molecule has 6 nitrogen and oxygen atoms in total. The molecule has 2 unspecified atom stereocenters. The fourth-order valence-corrected chi connectivity index (χ4v) is 3.83. The highest BCUT2D eigenvalue weighted by atomic mass is 32.2. The Morgan fingerprint density at radius 2 is 1.95 bits per heavy atom. The van der Waals surface area contributed by atoms with Crippen LogP contribution in [0, 0.1) is 0 Å². The number of hydrogen-bond acceptors (Lipinski definition) is 5. The van der Waals surface area contributed by atoms with Crippen molar-refractivity contribution in [1.82, 2.24) is 14.6 Å². The first-order valence-corrected chi connectivity index (χ1v) is 7.63. The van der Waals surface area contributed by atoms with Gasteiger partial charge in [-0.1, -0.05) is 0 Å². The summed E-state index contributed by atoms with van der Waals surface area (Å²) in [5.74, 6) is 0.404. The van der Waals surface area contributed by atoms with Crippen molar-refractivity contribution in [2.45, 2.75) is 30.8 Å². The summed E-state index contributed by atoms with van der Waals surface area (Å²) in [6, 6.07) is 3.37. The number of nitrogens with zero attached hydrogens (tertiary/aromatic N) is 2. The van der Waals surface area contributed by atoms with Crippen LogP contribution < -0.4 is 10.1 Å². The number of piperazine rings is 1. The molecular weight excluding hydrogens is 266 g/mol. The summed E-state index contributed by atoms with van der Waals surface area (Å²) in [5.41, 5.74) is 0. The van der Waals surface area contributed by atoms with Gasteiger partial charge in [0.25, 0.3) is 0 Å². The molecule has 2 atom stereocenters. The van der Waals surface area contributed by atoms with E-state index in [1.54, 1.807) is 6.07 Å². The minimum Gasteiger partial charge on any atom is -0.481 e. The molecule has 0 saturated carbocycles. The van der Waals surface area contributed by atoms with Gasteiger partial charge >= 0.3 is 0 Å². The molecule has 1 aliphatic heterocycles. The lowest BCUT2D eigenvalue weighted by Gasteiger charge is -2.35. The fourth-order valence-electron chi connectivity index (χ4n) is 2.26. The molecule has 0 bridgehead atoms. The summed E-state index contributed by atoms with van der Waals surface area (Å²) < 4.78 is 31.4. The molecule has 0 radical (unpaired) electrons. The molecular formula is C12H19N3O3S. The summed E-state index contributed by atoms with van der Waals surface area (Å²) in [6.45, 7) is 4.90. The van der Waals surface area contributed by atoms with Crippen molar-refractivity contribution in [3.05, 3.63) is 18.3 Å². The summed E-state index contributed by atoms with van der Waals surface area (Å²) >= 11 is 0. The van der Waals surface area contributed by atoms with Gasteiger partial charge in [0.15, 0.2) is 0 Å². The van der Waals surface area contributed by atoms with Crippen LogP contribution in [0.3, 0.4) is 0 Å². The van der Waals surface area contributed by atoms with E-state index in [1.807, 2.05) is 13.8 Å². The Morgan fingerprint density at radius 1 is 1.32 bits per heavy atom. The number of nitrogens with one attached hydrogen (secondary N) is 1. The van der Waals surface area contributed by atoms with E-state index in [4.69, 9.17) is 4.74 Å². The number of methoxy groups -OCH3 is 1. The number of sulfonamides is 1. The number of pyridine rings is 1. The Kier molecular flexibility index (Phi) is 4.07. The van der Waals surface area contributed by atoms with E-state index in [0.29, 0.717) is 19.0 Å². The maximum absolute atomic E-state index is 12.5. The van der Waals surface area contributed by atoms with Crippen molar-refractivity contribution in [3.8, 4) is 5.88 Å². The quantitative estimate of drug-likeness (QED) is 0.873. The van der Waals surface area contributed by atoms with Crippen molar-refractivity contribution in [1.29, 1.82) is 0 Å². The Balaban J connectivity index is 2.25. The minimum absolute atomic E-state index is 0.143. The van der Waals surface area contributed by atoms with E-state index in [9.17, 15) is 8.42 Å². The monoisotopic (exact) mass is 285 g/mol. The smallest absolute Gasteiger partial charge is 0.244 e. The van der Waals surface area contributed by atoms with Crippen LogP contribution in [0.4, 0.5) is 0 Å². The molecule has 0 spiro atoms. The first-order valence-electron chi connectivity index (χ1n) is 6.19. The average Bonchev–Trinajstić information content (AvgIpc) is 2.37. The van der Waals surface area contributed by atoms with Gasteiger partial charge in [-0.15, -0.1) is 0 Å². The van der Waals surface area contributed by atoms with E-state index in [1.165, 1.54) is 23.7 Å². The molecule has 1 saturated heterocycles. The molecule has 1 N–H and O–H groups in total. The third kappa shape index (κ3) is 3.05. The predicted molar refractivity (Wildman–Crippen MR) is 71.6 cm³/mol. The highest BCUT2D eigenvalue weighted by molar-refractivity contribution is 7.89. The van der Waals surface area contributed by atoms with Crippen LogP contribution in [0.25, 0.3) is 0 Å². The van der Waals surface area contributed by atoms with Gasteiger partial charge in [-0.05, 0) is 19.9 Å². The Labute approximate surface area is 113 Å². The summed E-state index contributed by atoms with van der Waals surface area (Å²) in [6.07, 6.45) is 1.34. The van der Waals surface area contributed by atoms with Crippen molar-refractivity contribution in [3.63, 3.8) is 0 Å². The lowest BCUT2D eigenvalue weighted by Crippen LogP contribution is -2.55. The van der Waals surface area contributed by atoms with Gasteiger partial charge in [0.2, 0.25) is 15.9 Å². The number of hydrogen-bond donors (Lipinski definition) is 1. The number of aromatic nitrogens is 1. The SMILES string of the molecule is COc1ccc(S(=O)(=O)N2CC(C)NC(C)C2)cn1. The molecule has 2 rings (SSSR count). The van der Waals surface area contributed by atoms with Gasteiger partial charge in [-0.3, -0.25) is 0 Å². The van der Waals surface area contributed by atoms with Gasteiger partial charge in [0.05, 0.1) is 13.3 Å². The molecule has 2 heterocycles. The molecule has 1 fully saturated rings. The minimum atomic E-state index is -3.48. The summed E-state index contributed by atoms with van der Waals surface area (Å²) in [4.78, 5) is 4.16. The lowest BCUT2D eigenvalue weighted by molar-refractivity contribution is 0.263. The number of rotatable bonds is 3. The van der Waals surface area contributed by atoms with E-state index in [0.717, 1.165) is 0 Å². The van der Waals surface area contributed by atoms with E-state index in [2.05, 4.69) is 10.3 Å². The molecule has 19 heavy (non-hydrogen) atoms. The second-order valence-electron chi connectivity index (χ2n) is 4.83.